The van der Waals surface area contributed by atoms with Gasteiger partial charge in [0, 0.05) is 12.7 Å². The number of unbranched alkanes of at least 4 members (excludes halogenated alkanes) is 1. The van der Waals surface area contributed by atoms with Crippen molar-refractivity contribution in [3.05, 3.63) is 18.0 Å². The Morgan fingerprint density at radius 3 is 3.00 bits per heavy atom. The summed E-state index contributed by atoms with van der Waals surface area (Å²) in [5.74, 6) is 1.28. The maximum atomic E-state index is 4.68. The molecule has 0 bridgehead atoms. The van der Waals surface area contributed by atoms with Gasteiger partial charge in [0.05, 0.1) is 11.7 Å². The number of thioether (sulfide) groups is 1. The average molecular weight is 267 g/mol. The van der Waals surface area contributed by atoms with Gasteiger partial charge in [0.15, 0.2) is 0 Å². The predicted molar refractivity (Wildman–Crippen MR) is 79.1 cm³/mol. The molecule has 0 spiro atoms. The molecule has 0 aliphatic heterocycles. The number of nitrogens with one attached hydrogen (secondary N) is 1. The summed E-state index contributed by atoms with van der Waals surface area (Å²) >= 11 is 1.93. The van der Waals surface area contributed by atoms with Crippen LogP contribution in [0.5, 0.6) is 0 Å². The first-order valence-corrected chi connectivity index (χ1v) is 8.53. The molecule has 4 heteroatoms. The zero-order valence-electron chi connectivity index (χ0n) is 11.4. The molecule has 0 amide bonds. The Morgan fingerprint density at radius 1 is 1.39 bits per heavy atom. The zero-order chi connectivity index (χ0) is 12.6. The van der Waals surface area contributed by atoms with Gasteiger partial charge < -0.3 is 5.32 Å². The molecule has 102 valence electrons. The molecule has 1 aliphatic carbocycles. The second-order valence-electron chi connectivity index (χ2n) is 5.10. The first-order valence-electron chi connectivity index (χ1n) is 7.14. The van der Waals surface area contributed by atoms with E-state index in [2.05, 4.69) is 33.6 Å². The van der Waals surface area contributed by atoms with Gasteiger partial charge in [-0.3, -0.25) is 4.68 Å². The van der Waals surface area contributed by atoms with Gasteiger partial charge in [0.25, 0.3) is 0 Å². The summed E-state index contributed by atoms with van der Waals surface area (Å²) < 4.78 is 2.18. The first kappa shape index (κ1) is 13.9. The van der Waals surface area contributed by atoms with Crippen LogP contribution in [0.25, 0.3) is 0 Å². The standard InChI is InChI=1S/C14H25N3S/c1-18-11-5-4-9-15-12-13-8-10-17(16-13)14-6-2-3-7-14/h8,10,14-15H,2-7,9,11-12H2,1H3. The Bertz CT molecular complexity index is 332. The van der Waals surface area contributed by atoms with Crippen LogP contribution < -0.4 is 5.32 Å². The molecule has 0 radical (unpaired) electrons. The monoisotopic (exact) mass is 267 g/mol. The topological polar surface area (TPSA) is 29.9 Å². The van der Waals surface area contributed by atoms with Gasteiger partial charge in [-0.15, -0.1) is 0 Å². The minimum absolute atomic E-state index is 0.667. The summed E-state index contributed by atoms with van der Waals surface area (Å²) in [4.78, 5) is 0. The van der Waals surface area contributed by atoms with Crippen molar-refractivity contribution in [2.45, 2.75) is 51.1 Å². The van der Waals surface area contributed by atoms with Crippen molar-refractivity contribution in [3.8, 4) is 0 Å². The highest BCUT2D eigenvalue weighted by Gasteiger charge is 2.17. The summed E-state index contributed by atoms with van der Waals surface area (Å²) in [6, 6.07) is 2.83. The van der Waals surface area contributed by atoms with Crippen molar-refractivity contribution in [1.82, 2.24) is 15.1 Å². The zero-order valence-corrected chi connectivity index (χ0v) is 12.2. The molecule has 1 aromatic heterocycles. The lowest BCUT2D eigenvalue weighted by Crippen LogP contribution is -2.16. The smallest absolute Gasteiger partial charge is 0.0762 e. The molecule has 0 aromatic carbocycles. The molecule has 3 nitrogen and oxygen atoms in total. The Kier molecular flexibility index (Phi) is 6.08. The lowest BCUT2D eigenvalue weighted by atomic mass is 10.3. The normalized spacial score (nSPS) is 16.5. The third-order valence-corrected chi connectivity index (χ3v) is 4.32. The van der Waals surface area contributed by atoms with Crippen molar-refractivity contribution in [2.75, 3.05) is 18.6 Å². The molecule has 1 aromatic rings. The Balaban J connectivity index is 1.64. The van der Waals surface area contributed by atoms with E-state index in [1.807, 2.05) is 11.8 Å². The number of rotatable bonds is 8. The van der Waals surface area contributed by atoms with E-state index in [0.29, 0.717) is 6.04 Å². The van der Waals surface area contributed by atoms with Crippen LogP contribution in [0.4, 0.5) is 0 Å². The van der Waals surface area contributed by atoms with Crippen LogP contribution in [0.3, 0.4) is 0 Å². The van der Waals surface area contributed by atoms with Crippen LogP contribution in [0.2, 0.25) is 0 Å². The molecule has 0 saturated heterocycles. The average Bonchev–Trinajstić information content (AvgIpc) is 3.03. The Hall–Kier alpha value is -0.480. The molecular formula is C14H25N3S. The third-order valence-electron chi connectivity index (χ3n) is 3.62. The van der Waals surface area contributed by atoms with Gasteiger partial charge in [0.1, 0.15) is 0 Å². The van der Waals surface area contributed by atoms with E-state index in [0.717, 1.165) is 13.1 Å². The summed E-state index contributed by atoms with van der Waals surface area (Å²) in [5.41, 5.74) is 1.19. The molecule has 1 fully saturated rings. The highest BCUT2D eigenvalue weighted by molar-refractivity contribution is 7.98. The fourth-order valence-electron chi connectivity index (χ4n) is 2.56. The van der Waals surface area contributed by atoms with Gasteiger partial charge in [-0.05, 0) is 50.3 Å². The largest absolute Gasteiger partial charge is 0.311 e. The molecule has 0 atom stereocenters. The lowest BCUT2D eigenvalue weighted by molar-refractivity contribution is 0.460. The fraction of sp³-hybridized carbons (Fsp3) is 0.786. The van der Waals surface area contributed by atoms with Crippen molar-refractivity contribution in [1.29, 1.82) is 0 Å². The summed E-state index contributed by atoms with van der Waals surface area (Å²) in [6.07, 6.45) is 12.3. The lowest BCUT2D eigenvalue weighted by Gasteiger charge is -2.09. The molecule has 1 heterocycles. The van der Waals surface area contributed by atoms with Crippen LogP contribution in [-0.2, 0) is 6.54 Å². The first-order chi connectivity index (χ1) is 8.90. The number of aromatic nitrogens is 2. The minimum atomic E-state index is 0.667. The van der Waals surface area contributed by atoms with E-state index in [4.69, 9.17) is 0 Å². The predicted octanol–water partition coefficient (Wildman–Crippen LogP) is 3.23. The SMILES string of the molecule is CSCCCCNCc1ccn(C2CCCC2)n1. The molecule has 1 aliphatic rings. The molecular weight excluding hydrogens is 242 g/mol. The van der Waals surface area contributed by atoms with Gasteiger partial charge in [-0.1, -0.05) is 12.8 Å². The highest BCUT2D eigenvalue weighted by atomic mass is 32.2. The van der Waals surface area contributed by atoms with Crippen LogP contribution in [0.1, 0.15) is 50.3 Å². The number of hydrogen-bond acceptors (Lipinski definition) is 3. The van der Waals surface area contributed by atoms with E-state index in [-0.39, 0.29) is 0 Å². The fourth-order valence-corrected chi connectivity index (χ4v) is 3.05. The molecule has 0 unspecified atom stereocenters. The minimum Gasteiger partial charge on any atom is -0.311 e. The van der Waals surface area contributed by atoms with Crippen molar-refractivity contribution in [2.24, 2.45) is 0 Å². The van der Waals surface area contributed by atoms with Crippen molar-refractivity contribution >= 4 is 11.8 Å². The summed E-state index contributed by atoms with van der Waals surface area (Å²) in [7, 11) is 0. The van der Waals surface area contributed by atoms with Crippen molar-refractivity contribution < 1.29 is 0 Å². The molecule has 1 saturated carbocycles. The van der Waals surface area contributed by atoms with E-state index in [1.54, 1.807) is 0 Å². The quantitative estimate of drug-likeness (QED) is 0.733. The summed E-state index contributed by atoms with van der Waals surface area (Å²) in [5, 5.41) is 8.16. The maximum Gasteiger partial charge on any atom is 0.0762 e. The molecule has 1 N–H and O–H groups in total. The van der Waals surface area contributed by atoms with E-state index in [9.17, 15) is 0 Å². The van der Waals surface area contributed by atoms with Crippen LogP contribution in [-0.4, -0.2) is 28.3 Å². The van der Waals surface area contributed by atoms with Gasteiger partial charge in [-0.2, -0.15) is 16.9 Å². The van der Waals surface area contributed by atoms with E-state index in [1.165, 1.54) is 50.0 Å². The maximum absolute atomic E-state index is 4.68. The van der Waals surface area contributed by atoms with Gasteiger partial charge in [-0.25, -0.2) is 0 Å². The van der Waals surface area contributed by atoms with Gasteiger partial charge in [0.2, 0.25) is 0 Å². The second kappa shape index (κ2) is 7.85. The molecule has 2 rings (SSSR count). The van der Waals surface area contributed by atoms with Crippen LogP contribution >= 0.6 is 11.8 Å². The highest BCUT2D eigenvalue weighted by Crippen LogP contribution is 2.28. The third kappa shape index (κ3) is 4.32. The van der Waals surface area contributed by atoms with Crippen LogP contribution in [0.15, 0.2) is 12.3 Å². The van der Waals surface area contributed by atoms with E-state index < -0.39 is 0 Å². The second-order valence-corrected chi connectivity index (χ2v) is 6.09. The number of hydrogen-bond donors (Lipinski definition) is 1. The van der Waals surface area contributed by atoms with Gasteiger partial charge >= 0.3 is 0 Å². The Morgan fingerprint density at radius 2 is 2.22 bits per heavy atom. The Labute approximate surface area is 115 Å². The summed E-state index contributed by atoms with van der Waals surface area (Å²) in [6.45, 7) is 2.02. The molecule has 18 heavy (non-hydrogen) atoms. The number of nitrogens with zero attached hydrogens (tertiary/aromatic N) is 2. The van der Waals surface area contributed by atoms with Crippen molar-refractivity contribution in [3.63, 3.8) is 0 Å². The van der Waals surface area contributed by atoms with E-state index >= 15 is 0 Å². The van der Waals surface area contributed by atoms with Crippen LogP contribution in [0, 0.1) is 0 Å².